The average Bonchev–Trinajstić information content (AvgIpc) is 0. The van der Waals surface area contributed by atoms with E-state index in [1.807, 2.05) is 0 Å². The smallest absolute Gasteiger partial charge is 0 e. The number of hydrogen-bond acceptors (Lipinski definition) is 0. The Morgan fingerprint density at radius 2 is 0.333 bits per heavy atom. The Morgan fingerprint density at radius 1 is 0.333 bits per heavy atom. The van der Waals surface area contributed by atoms with Crippen LogP contribution in [0.3, 0.4) is 0 Å². The molecule has 0 bridgehead atoms. The third-order valence-electron chi connectivity index (χ3n) is 0. The van der Waals surface area contributed by atoms with Gasteiger partial charge in [-0.1, -0.05) is 0 Å². The van der Waals surface area contributed by atoms with E-state index < -0.39 is 0 Å². The fourth-order valence-electron chi connectivity index (χ4n) is 0. The zero-order valence-electron chi connectivity index (χ0n) is 6.00. The SMILES string of the molecule is [Li].[Li].[Na].[Na].[Na].[Na]. The van der Waals surface area contributed by atoms with Crippen molar-refractivity contribution in [2.75, 3.05) is 0 Å². The molecule has 0 aromatic heterocycles. The van der Waals surface area contributed by atoms with E-state index in [1.54, 1.807) is 0 Å². The number of rotatable bonds is 0. The van der Waals surface area contributed by atoms with E-state index in [9.17, 15) is 0 Å². The first-order valence-corrected chi connectivity index (χ1v) is 0. The molecule has 0 fully saturated rings. The maximum Gasteiger partial charge on any atom is 0 e. The molecule has 0 rings (SSSR count). The summed E-state index contributed by atoms with van der Waals surface area (Å²) in [4.78, 5) is 0. The molecular formula is Li2Na4. The van der Waals surface area contributed by atoms with Crippen LogP contribution in [0.25, 0.3) is 0 Å². The van der Waals surface area contributed by atoms with Gasteiger partial charge >= 0.3 is 0 Å². The van der Waals surface area contributed by atoms with E-state index >= 15 is 0 Å². The first-order valence-electron chi connectivity index (χ1n) is 0. The molecule has 6 heteroatoms. The van der Waals surface area contributed by atoms with E-state index in [1.165, 1.54) is 0 Å². The fraction of sp³-hybridized carbons (Fsp3) is 0. The second kappa shape index (κ2) is 31.9. The minimum atomic E-state index is 0. The summed E-state index contributed by atoms with van der Waals surface area (Å²) >= 11 is 0. The van der Waals surface area contributed by atoms with Gasteiger partial charge in [-0.15, -0.1) is 0 Å². The zero-order valence-corrected chi connectivity index (χ0v) is 14.0. The summed E-state index contributed by atoms with van der Waals surface area (Å²) in [6, 6.07) is 0. The molecule has 0 nitrogen and oxygen atoms in total. The molecule has 0 saturated carbocycles. The van der Waals surface area contributed by atoms with Gasteiger partial charge in [0.15, 0.2) is 0 Å². The third kappa shape index (κ3) is 22.9. The van der Waals surface area contributed by atoms with Gasteiger partial charge in [0.1, 0.15) is 0 Å². The van der Waals surface area contributed by atoms with Crippen LogP contribution in [-0.4, -0.2) is 156 Å². The van der Waals surface area contributed by atoms with Crippen molar-refractivity contribution in [1.82, 2.24) is 0 Å². The van der Waals surface area contributed by atoms with Crippen LogP contribution < -0.4 is 0 Å². The summed E-state index contributed by atoms with van der Waals surface area (Å²) in [6.45, 7) is 0. The molecular weight excluding hydrogens is 106 g/mol. The Kier molecular flexibility index (Phi) is 230. The largest absolute Gasteiger partial charge is 0 e. The van der Waals surface area contributed by atoms with Crippen LogP contribution in [0.5, 0.6) is 0 Å². The summed E-state index contributed by atoms with van der Waals surface area (Å²) in [6.07, 6.45) is 0. The molecule has 0 atom stereocenters. The van der Waals surface area contributed by atoms with Crippen molar-refractivity contribution >= 4 is 156 Å². The minimum Gasteiger partial charge on any atom is 0 e. The van der Waals surface area contributed by atoms with Crippen molar-refractivity contribution in [3.05, 3.63) is 0 Å². The van der Waals surface area contributed by atoms with Gasteiger partial charge in [-0.3, -0.25) is 0 Å². The molecule has 0 aliphatic carbocycles. The van der Waals surface area contributed by atoms with Crippen molar-refractivity contribution in [2.45, 2.75) is 0 Å². The molecule has 0 N–H and O–H groups in total. The molecule has 0 amide bonds. The second-order valence-corrected chi connectivity index (χ2v) is 0. The molecule has 0 aliphatic heterocycles. The molecule has 0 aromatic carbocycles. The molecule has 0 saturated heterocycles. The van der Waals surface area contributed by atoms with E-state index in [0.29, 0.717) is 0 Å². The Hall–Kier alpha value is 5.19. The molecule has 6 heavy (non-hydrogen) atoms. The Morgan fingerprint density at radius 3 is 0.333 bits per heavy atom. The minimum absolute atomic E-state index is 0. The average molecular weight is 106 g/mol. The van der Waals surface area contributed by atoms with Crippen molar-refractivity contribution in [1.29, 1.82) is 0 Å². The Labute approximate surface area is 152 Å². The van der Waals surface area contributed by atoms with Gasteiger partial charge in [-0.05, 0) is 0 Å². The Bertz CT molecular complexity index is 5.51. The Balaban J connectivity index is 0. The van der Waals surface area contributed by atoms with Gasteiger partial charge in [-0.2, -0.15) is 0 Å². The molecule has 0 unspecified atom stereocenters. The van der Waals surface area contributed by atoms with Crippen LogP contribution >= 0.6 is 0 Å². The summed E-state index contributed by atoms with van der Waals surface area (Å²) < 4.78 is 0. The van der Waals surface area contributed by atoms with Gasteiger partial charge in [0.2, 0.25) is 0 Å². The third-order valence-corrected chi connectivity index (χ3v) is 0. The van der Waals surface area contributed by atoms with E-state index in [0.717, 1.165) is 0 Å². The fourth-order valence-corrected chi connectivity index (χ4v) is 0. The molecule has 0 aromatic rings. The van der Waals surface area contributed by atoms with Crippen LogP contribution in [-0.2, 0) is 0 Å². The van der Waals surface area contributed by atoms with Gasteiger partial charge < -0.3 is 0 Å². The van der Waals surface area contributed by atoms with Crippen molar-refractivity contribution in [2.24, 2.45) is 0 Å². The van der Waals surface area contributed by atoms with Gasteiger partial charge in [0, 0.05) is 156 Å². The summed E-state index contributed by atoms with van der Waals surface area (Å²) in [5.74, 6) is 0. The standard InChI is InChI=1S/2Li.4Na. The number of hydrogen-bond donors (Lipinski definition) is 0. The first-order chi connectivity index (χ1) is 0. The normalized spacial score (nSPS) is 0. The summed E-state index contributed by atoms with van der Waals surface area (Å²) in [5, 5.41) is 0. The van der Waals surface area contributed by atoms with Gasteiger partial charge in [0.05, 0.1) is 0 Å². The van der Waals surface area contributed by atoms with Crippen LogP contribution in [0, 0.1) is 0 Å². The second-order valence-electron chi connectivity index (χ2n) is 0. The van der Waals surface area contributed by atoms with E-state index in [2.05, 4.69) is 0 Å². The molecule has 6 valence electrons. The van der Waals surface area contributed by atoms with E-state index in [4.69, 9.17) is 0 Å². The van der Waals surface area contributed by atoms with Crippen molar-refractivity contribution in [3.8, 4) is 0 Å². The monoisotopic (exact) mass is 106 g/mol. The molecule has 0 heterocycles. The maximum atomic E-state index is 0. The molecule has 0 spiro atoms. The summed E-state index contributed by atoms with van der Waals surface area (Å²) in [7, 11) is 0. The van der Waals surface area contributed by atoms with Gasteiger partial charge in [0.25, 0.3) is 0 Å². The van der Waals surface area contributed by atoms with Crippen molar-refractivity contribution < 1.29 is 0 Å². The van der Waals surface area contributed by atoms with Crippen LogP contribution in [0.2, 0.25) is 0 Å². The van der Waals surface area contributed by atoms with Gasteiger partial charge in [-0.25, -0.2) is 0 Å². The van der Waals surface area contributed by atoms with Crippen LogP contribution in [0.4, 0.5) is 0 Å². The molecule has 0 aliphatic rings. The van der Waals surface area contributed by atoms with E-state index in [-0.39, 0.29) is 156 Å². The quantitative estimate of drug-likeness (QED) is 0.305. The van der Waals surface area contributed by atoms with Crippen LogP contribution in [0.1, 0.15) is 0 Å². The predicted molar refractivity (Wildman–Crippen MR) is 34.5 cm³/mol. The summed E-state index contributed by atoms with van der Waals surface area (Å²) in [5.41, 5.74) is 0. The predicted octanol–water partition coefficient (Wildman–Crippen LogP) is -2.28. The maximum absolute atomic E-state index is 0. The topological polar surface area (TPSA) is 0 Å². The van der Waals surface area contributed by atoms with Crippen LogP contribution in [0.15, 0.2) is 0 Å². The first kappa shape index (κ1) is 43.1. The van der Waals surface area contributed by atoms with Crippen molar-refractivity contribution in [3.63, 3.8) is 0 Å². The zero-order chi connectivity index (χ0) is 0. The molecule has 6 radical (unpaired) electrons.